The molecule has 0 spiro atoms. The third kappa shape index (κ3) is 4.12. The highest BCUT2D eigenvalue weighted by molar-refractivity contribution is 5.91. The standard InChI is InChI=1S/C15H15NO3/c17-14(12-5-2-1-3-6-12)11-16-15(18)9-8-13-7-4-10-19-13/h1-10,14,17H,11H2,(H,16,18)/b9-8+. The average Bonchev–Trinajstić information content (AvgIpc) is 2.96. The molecule has 2 rings (SSSR count). The largest absolute Gasteiger partial charge is 0.465 e. The van der Waals surface area contributed by atoms with Crippen LogP contribution in [0.15, 0.2) is 59.2 Å². The van der Waals surface area contributed by atoms with Crippen molar-refractivity contribution in [3.05, 3.63) is 66.1 Å². The highest BCUT2D eigenvalue weighted by Crippen LogP contribution is 2.10. The van der Waals surface area contributed by atoms with Crippen LogP contribution in [-0.4, -0.2) is 17.6 Å². The van der Waals surface area contributed by atoms with Gasteiger partial charge in [-0.2, -0.15) is 0 Å². The number of furan rings is 1. The van der Waals surface area contributed by atoms with Gasteiger partial charge in [0.1, 0.15) is 5.76 Å². The summed E-state index contributed by atoms with van der Waals surface area (Å²) in [5.41, 5.74) is 0.776. The van der Waals surface area contributed by atoms with Gasteiger partial charge in [-0.05, 0) is 23.8 Å². The molecule has 4 heteroatoms. The van der Waals surface area contributed by atoms with Crippen LogP contribution < -0.4 is 5.32 Å². The minimum atomic E-state index is -0.706. The van der Waals surface area contributed by atoms with Gasteiger partial charge in [-0.1, -0.05) is 30.3 Å². The maximum absolute atomic E-state index is 11.5. The zero-order chi connectivity index (χ0) is 13.5. The van der Waals surface area contributed by atoms with Crippen molar-refractivity contribution in [3.8, 4) is 0 Å². The lowest BCUT2D eigenvalue weighted by molar-refractivity contribution is -0.116. The summed E-state index contributed by atoms with van der Waals surface area (Å²) in [5.74, 6) is 0.338. The Kier molecular flexibility index (Phi) is 4.53. The normalized spacial score (nSPS) is 12.5. The predicted molar refractivity (Wildman–Crippen MR) is 72.2 cm³/mol. The highest BCUT2D eigenvalue weighted by Gasteiger charge is 2.07. The van der Waals surface area contributed by atoms with Crippen LogP contribution in [0.3, 0.4) is 0 Å². The Balaban J connectivity index is 1.81. The molecule has 0 bridgehead atoms. The van der Waals surface area contributed by atoms with Crippen LogP contribution in [0.1, 0.15) is 17.4 Å². The number of hydrogen-bond donors (Lipinski definition) is 2. The van der Waals surface area contributed by atoms with Crippen molar-refractivity contribution in [3.63, 3.8) is 0 Å². The summed E-state index contributed by atoms with van der Waals surface area (Å²) in [6.45, 7) is 0.172. The van der Waals surface area contributed by atoms with E-state index >= 15 is 0 Å². The Bertz CT molecular complexity index is 532. The van der Waals surface area contributed by atoms with Gasteiger partial charge in [0.15, 0.2) is 0 Å². The molecule has 0 saturated carbocycles. The molecule has 2 N–H and O–H groups in total. The molecule has 1 heterocycles. The molecule has 0 aliphatic carbocycles. The van der Waals surface area contributed by atoms with E-state index in [-0.39, 0.29) is 12.5 Å². The number of hydrogen-bond acceptors (Lipinski definition) is 3. The molecule has 0 aliphatic rings. The summed E-state index contributed by atoms with van der Waals surface area (Å²) >= 11 is 0. The summed E-state index contributed by atoms with van der Waals surface area (Å²) in [7, 11) is 0. The third-order valence-corrected chi connectivity index (χ3v) is 2.60. The molecule has 2 aromatic rings. The quantitative estimate of drug-likeness (QED) is 0.807. The fourth-order valence-electron chi connectivity index (χ4n) is 1.59. The van der Waals surface area contributed by atoms with Gasteiger partial charge < -0.3 is 14.8 Å². The van der Waals surface area contributed by atoms with E-state index in [0.29, 0.717) is 5.76 Å². The highest BCUT2D eigenvalue weighted by atomic mass is 16.3. The molecule has 1 atom stereocenters. The first-order valence-corrected chi connectivity index (χ1v) is 5.98. The van der Waals surface area contributed by atoms with Gasteiger partial charge >= 0.3 is 0 Å². The number of carbonyl (C=O) groups is 1. The summed E-state index contributed by atoms with van der Waals surface area (Å²) in [6, 6.07) is 12.7. The van der Waals surface area contributed by atoms with Gasteiger partial charge in [-0.3, -0.25) is 4.79 Å². The fourth-order valence-corrected chi connectivity index (χ4v) is 1.59. The van der Waals surface area contributed by atoms with Crippen molar-refractivity contribution in [2.75, 3.05) is 6.54 Å². The number of aliphatic hydroxyl groups is 1. The van der Waals surface area contributed by atoms with Crippen molar-refractivity contribution in [2.24, 2.45) is 0 Å². The molecule has 19 heavy (non-hydrogen) atoms. The first kappa shape index (κ1) is 13.1. The maximum Gasteiger partial charge on any atom is 0.244 e. The molecule has 4 nitrogen and oxygen atoms in total. The van der Waals surface area contributed by atoms with E-state index < -0.39 is 6.10 Å². The van der Waals surface area contributed by atoms with E-state index in [4.69, 9.17) is 4.42 Å². The minimum Gasteiger partial charge on any atom is -0.465 e. The topological polar surface area (TPSA) is 62.5 Å². The fraction of sp³-hybridized carbons (Fsp3) is 0.133. The van der Waals surface area contributed by atoms with E-state index in [2.05, 4.69) is 5.32 Å². The summed E-state index contributed by atoms with van der Waals surface area (Å²) in [6.07, 6.45) is 3.78. The summed E-state index contributed by atoms with van der Waals surface area (Å²) in [4.78, 5) is 11.5. The zero-order valence-corrected chi connectivity index (χ0v) is 10.3. The molecule has 0 aliphatic heterocycles. The predicted octanol–water partition coefficient (Wildman–Crippen LogP) is 2.14. The Morgan fingerprint density at radius 3 is 2.74 bits per heavy atom. The molecule has 1 aromatic carbocycles. The second-order valence-electron chi connectivity index (χ2n) is 4.02. The lowest BCUT2D eigenvalue weighted by Crippen LogP contribution is -2.26. The van der Waals surface area contributed by atoms with Crippen molar-refractivity contribution in [2.45, 2.75) is 6.10 Å². The monoisotopic (exact) mass is 257 g/mol. The first-order chi connectivity index (χ1) is 9.25. The van der Waals surface area contributed by atoms with E-state index in [1.54, 1.807) is 18.2 Å². The van der Waals surface area contributed by atoms with Gasteiger partial charge in [-0.25, -0.2) is 0 Å². The number of rotatable bonds is 5. The molecular weight excluding hydrogens is 242 g/mol. The van der Waals surface area contributed by atoms with Crippen LogP contribution in [0, 0.1) is 0 Å². The lowest BCUT2D eigenvalue weighted by Gasteiger charge is -2.10. The summed E-state index contributed by atoms with van der Waals surface area (Å²) < 4.78 is 5.06. The Hall–Kier alpha value is -2.33. The first-order valence-electron chi connectivity index (χ1n) is 5.98. The van der Waals surface area contributed by atoms with E-state index in [1.165, 1.54) is 12.3 Å². The third-order valence-electron chi connectivity index (χ3n) is 2.60. The summed E-state index contributed by atoms with van der Waals surface area (Å²) in [5, 5.41) is 12.5. The molecule has 0 saturated heterocycles. The smallest absolute Gasteiger partial charge is 0.244 e. The van der Waals surface area contributed by atoms with Crippen molar-refractivity contribution >= 4 is 12.0 Å². The number of amides is 1. The second kappa shape index (κ2) is 6.56. The van der Waals surface area contributed by atoms with Gasteiger partial charge in [0.05, 0.1) is 12.4 Å². The van der Waals surface area contributed by atoms with Gasteiger partial charge in [0.25, 0.3) is 0 Å². The van der Waals surface area contributed by atoms with Crippen molar-refractivity contribution < 1.29 is 14.3 Å². The average molecular weight is 257 g/mol. The van der Waals surface area contributed by atoms with E-state index in [9.17, 15) is 9.90 Å². The van der Waals surface area contributed by atoms with Crippen molar-refractivity contribution in [1.29, 1.82) is 0 Å². The van der Waals surface area contributed by atoms with E-state index in [0.717, 1.165) is 5.56 Å². The van der Waals surface area contributed by atoms with Gasteiger partial charge in [-0.15, -0.1) is 0 Å². The number of carbonyl (C=O) groups excluding carboxylic acids is 1. The molecule has 98 valence electrons. The van der Waals surface area contributed by atoms with Crippen LogP contribution in [0.5, 0.6) is 0 Å². The Morgan fingerprint density at radius 1 is 1.26 bits per heavy atom. The van der Waals surface area contributed by atoms with Crippen LogP contribution in [0.2, 0.25) is 0 Å². The SMILES string of the molecule is O=C(/C=C/c1ccco1)NCC(O)c1ccccc1. The molecule has 0 radical (unpaired) electrons. The zero-order valence-electron chi connectivity index (χ0n) is 10.3. The van der Waals surface area contributed by atoms with E-state index in [1.807, 2.05) is 30.3 Å². The molecule has 1 amide bonds. The van der Waals surface area contributed by atoms with Gasteiger partial charge in [0, 0.05) is 12.6 Å². The molecule has 0 fully saturated rings. The van der Waals surface area contributed by atoms with Crippen molar-refractivity contribution in [1.82, 2.24) is 5.32 Å². The Morgan fingerprint density at radius 2 is 2.05 bits per heavy atom. The Labute approximate surface area is 111 Å². The van der Waals surface area contributed by atoms with Crippen LogP contribution in [0.25, 0.3) is 6.08 Å². The maximum atomic E-state index is 11.5. The van der Waals surface area contributed by atoms with Crippen LogP contribution in [-0.2, 0) is 4.79 Å². The second-order valence-corrected chi connectivity index (χ2v) is 4.02. The molecule has 1 aromatic heterocycles. The minimum absolute atomic E-state index is 0.172. The molecule has 1 unspecified atom stereocenters. The lowest BCUT2D eigenvalue weighted by atomic mass is 10.1. The number of aliphatic hydroxyl groups excluding tert-OH is 1. The van der Waals surface area contributed by atoms with Gasteiger partial charge in [0.2, 0.25) is 5.91 Å². The van der Waals surface area contributed by atoms with Crippen LogP contribution >= 0.6 is 0 Å². The van der Waals surface area contributed by atoms with Crippen LogP contribution in [0.4, 0.5) is 0 Å². The molecular formula is C15H15NO3. The number of benzene rings is 1. The number of nitrogens with one attached hydrogen (secondary N) is 1.